The molecule has 0 spiro atoms. The average Bonchev–Trinajstić information content (AvgIpc) is 2.97. The van der Waals surface area contributed by atoms with Crippen molar-refractivity contribution < 1.29 is 4.79 Å². The van der Waals surface area contributed by atoms with Crippen molar-refractivity contribution in [2.45, 2.75) is 6.92 Å². The van der Waals surface area contributed by atoms with Crippen LogP contribution in [0.2, 0.25) is 0 Å². The molecule has 0 amide bonds. The van der Waals surface area contributed by atoms with Crippen molar-refractivity contribution in [1.29, 1.82) is 0 Å². The quantitative estimate of drug-likeness (QED) is 0.680. The lowest BCUT2D eigenvalue weighted by molar-refractivity contribution is 0.102. The van der Waals surface area contributed by atoms with Gasteiger partial charge < -0.3 is 0 Å². The van der Waals surface area contributed by atoms with Gasteiger partial charge in [0.05, 0.1) is 11.9 Å². The van der Waals surface area contributed by atoms with E-state index in [0.29, 0.717) is 11.4 Å². The van der Waals surface area contributed by atoms with Crippen LogP contribution in [-0.2, 0) is 0 Å². The Morgan fingerprint density at radius 3 is 2.60 bits per heavy atom. The Bertz CT molecular complexity index is 749. The maximum Gasteiger partial charge on any atom is 0.231 e. The van der Waals surface area contributed by atoms with Crippen LogP contribution in [0.5, 0.6) is 0 Å². The van der Waals surface area contributed by atoms with Crippen LogP contribution in [0.15, 0.2) is 54.7 Å². The van der Waals surface area contributed by atoms with Crippen molar-refractivity contribution in [3.8, 4) is 5.69 Å². The fourth-order valence-corrected chi connectivity index (χ4v) is 1.95. The molecule has 2 heterocycles. The number of rotatable bonds is 3. The van der Waals surface area contributed by atoms with E-state index < -0.39 is 0 Å². The molecule has 0 aliphatic heterocycles. The number of hydrogen-bond acceptors (Lipinski definition) is 4. The summed E-state index contributed by atoms with van der Waals surface area (Å²) in [6.45, 7) is 1.85. The first-order valence-electron chi connectivity index (χ1n) is 6.20. The molecule has 0 bridgehead atoms. The molecule has 5 heteroatoms. The number of carbonyl (C=O) groups is 1. The van der Waals surface area contributed by atoms with Gasteiger partial charge in [0, 0.05) is 5.69 Å². The highest BCUT2D eigenvalue weighted by Crippen LogP contribution is 2.12. The van der Waals surface area contributed by atoms with Gasteiger partial charge in [-0.3, -0.25) is 4.79 Å². The van der Waals surface area contributed by atoms with E-state index in [1.807, 2.05) is 49.4 Å². The molecule has 0 atom stereocenters. The minimum Gasteiger partial charge on any atom is -0.285 e. The molecule has 0 radical (unpaired) electrons. The number of para-hydroxylation sites is 1. The molecule has 5 nitrogen and oxygen atoms in total. The van der Waals surface area contributed by atoms with Gasteiger partial charge in [-0.2, -0.15) is 0 Å². The highest BCUT2D eigenvalue weighted by atomic mass is 16.1. The van der Waals surface area contributed by atoms with Gasteiger partial charge in [-0.15, -0.1) is 5.10 Å². The van der Waals surface area contributed by atoms with E-state index in [9.17, 15) is 4.79 Å². The van der Waals surface area contributed by atoms with Crippen molar-refractivity contribution >= 4 is 5.78 Å². The summed E-state index contributed by atoms with van der Waals surface area (Å²) in [5.41, 5.74) is 2.38. The zero-order chi connectivity index (χ0) is 13.9. The van der Waals surface area contributed by atoms with E-state index in [1.54, 1.807) is 6.07 Å². The Morgan fingerprint density at radius 2 is 1.85 bits per heavy atom. The topological polar surface area (TPSA) is 60.7 Å². The van der Waals surface area contributed by atoms with Gasteiger partial charge in [-0.25, -0.2) is 9.67 Å². The van der Waals surface area contributed by atoms with E-state index in [4.69, 9.17) is 0 Å². The van der Waals surface area contributed by atoms with Gasteiger partial charge in [0.25, 0.3) is 0 Å². The number of pyridine rings is 1. The van der Waals surface area contributed by atoms with Crippen LogP contribution in [0.1, 0.15) is 21.9 Å². The number of carbonyl (C=O) groups excluding carboxylic acids is 1. The minimum atomic E-state index is -0.192. The van der Waals surface area contributed by atoms with E-state index in [0.717, 1.165) is 11.4 Å². The Kier molecular flexibility index (Phi) is 3.09. The molecule has 0 fully saturated rings. The van der Waals surface area contributed by atoms with E-state index in [-0.39, 0.29) is 5.78 Å². The Balaban J connectivity index is 2.04. The Hall–Kier alpha value is -2.82. The summed E-state index contributed by atoms with van der Waals surface area (Å²) >= 11 is 0. The van der Waals surface area contributed by atoms with Crippen molar-refractivity contribution in [2.24, 2.45) is 0 Å². The van der Waals surface area contributed by atoms with E-state index >= 15 is 0 Å². The zero-order valence-electron chi connectivity index (χ0n) is 10.9. The normalized spacial score (nSPS) is 10.4. The van der Waals surface area contributed by atoms with Crippen LogP contribution >= 0.6 is 0 Å². The van der Waals surface area contributed by atoms with E-state index in [2.05, 4.69) is 15.3 Å². The molecule has 0 unspecified atom stereocenters. The number of aromatic nitrogens is 4. The van der Waals surface area contributed by atoms with Crippen LogP contribution in [0.3, 0.4) is 0 Å². The van der Waals surface area contributed by atoms with Gasteiger partial charge in [-0.05, 0) is 31.2 Å². The Labute approximate surface area is 115 Å². The van der Waals surface area contributed by atoms with Crippen LogP contribution < -0.4 is 0 Å². The maximum absolute atomic E-state index is 12.5. The molecular formula is C15H12N4O. The molecule has 2 aromatic heterocycles. The standard InChI is InChI=1S/C15H12N4O/c1-11-6-5-9-13(17-11)15(20)14-10-16-18-19(14)12-7-3-2-4-8-12/h2-10H,1H3. The number of ketones is 1. The second-order valence-corrected chi connectivity index (χ2v) is 4.36. The van der Waals surface area contributed by atoms with Gasteiger partial charge >= 0.3 is 0 Å². The monoisotopic (exact) mass is 264 g/mol. The molecular weight excluding hydrogens is 252 g/mol. The lowest BCUT2D eigenvalue weighted by Gasteiger charge is -2.05. The number of hydrogen-bond donors (Lipinski definition) is 0. The van der Waals surface area contributed by atoms with Crippen molar-refractivity contribution in [2.75, 3.05) is 0 Å². The predicted octanol–water partition coefficient (Wildman–Crippen LogP) is 2.20. The highest BCUT2D eigenvalue weighted by molar-refractivity contribution is 6.06. The van der Waals surface area contributed by atoms with Crippen LogP contribution in [0, 0.1) is 6.92 Å². The molecule has 3 aromatic rings. The maximum atomic E-state index is 12.5. The third-order valence-corrected chi connectivity index (χ3v) is 2.90. The highest BCUT2D eigenvalue weighted by Gasteiger charge is 2.17. The van der Waals surface area contributed by atoms with Gasteiger partial charge in [0.15, 0.2) is 0 Å². The summed E-state index contributed by atoms with van der Waals surface area (Å²) < 4.78 is 1.52. The summed E-state index contributed by atoms with van der Waals surface area (Å²) in [5.74, 6) is -0.192. The lowest BCUT2D eigenvalue weighted by Crippen LogP contribution is -2.11. The molecule has 0 aliphatic carbocycles. The van der Waals surface area contributed by atoms with Gasteiger partial charge in [0.1, 0.15) is 11.4 Å². The van der Waals surface area contributed by atoms with Gasteiger partial charge in [0.2, 0.25) is 5.78 Å². The first-order valence-corrected chi connectivity index (χ1v) is 6.20. The predicted molar refractivity (Wildman–Crippen MR) is 73.8 cm³/mol. The van der Waals surface area contributed by atoms with Crippen molar-refractivity contribution in [3.05, 3.63) is 71.8 Å². The fraction of sp³-hybridized carbons (Fsp3) is 0.0667. The first-order chi connectivity index (χ1) is 9.75. The zero-order valence-corrected chi connectivity index (χ0v) is 10.9. The van der Waals surface area contributed by atoms with Crippen molar-refractivity contribution in [3.63, 3.8) is 0 Å². The molecule has 0 aliphatic rings. The minimum absolute atomic E-state index is 0.192. The molecule has 0 saturated heterocycles. The molecule has 0 saturated carbocycles. The summed E-state index contributed by atoms with van der Waals surface area (Å²) in [6.07, 6.45) is 1.46. The third kappa shape index (κ3) is 2.21. The van der Waals surface area contributed by atoms with Crippen LogP contribution in [0.25, 0.3) is 5.69 Å². The lowest BCUT2D eigenvalue weighted by atomic mass is 10.2. The Morgan fingerprint density at radius 1 is 1.05 bits per heavy atom. The number of aryl methyl sites for hydroxylation is 1. The van der Waals surface area contributed by atoms with Gasteiger partial charge in [-0.1, -0.05) is 29.5 Å². The molecule has 1 aromatic carbocycles. The van der Waals surface area contributed by atoms with Crippen LogP contribution in [-0.4, -0.2) is 25.8 Å². The smallest absolute Gasteiger partial charge is 0.231 e. The number of nitrogens with zero attached hydrogens (tertiary/aromatic N) is 4. The van der Waals surface area contributed by atoms with Crippen molar-refractivity contribution in [1.82, 2.24) is 20.0 Å². The molecule has 3 rings (SSSR count). The third-order valence-electron chi connectivity index (χ3n) is 2.90. The first kappa shape index (κ1) is 12.2. The summed E-state index contributed by atoms with van der Waals surface area (Å²) in [6, 6.07) is 14.8. The molecule has 98 valence electrons. The average molecular weight is 264 g/mol. The largest absolute Gasteiger partial charge is 0.285 e. The second kappa shape index (κ2) is 5.05. The second-order valence-electron chi connectivity index (χ2n) is 4.36. The van der Waals surface area contributed by atoms with E-state index in [1.165, 1.54) is 10.9 Å². The summed E-state index contributed by atoms with van der Waals surface area (Å²) in [4.78, 5) is 16.7. The SMILES string of the molecule is Cc1cccc(C(=O)c2cnnn2-c2ccccc2)n1. The van der Waals surface area contributed by atoms with Crippen LogP contribution in [0.4, 0.5) is 0 Å². The fourth-order valence-electron chi connectivity index (χ4n) is 1.95. The summed E-state index contributed by atoms with van der Waals surface area (Å²) in [7, 11) is 0. The number of benzene rings is 1. The molecule has 0 N–H and O–H groups in total. The summed E-state index contributed by atoms with van der Waals surface area (Å²) in [5, 5.41) is 7.81. The molecule has 20 heavy (non-hydrogen) atoms.